The van der Waals surface area contributed by atoms with Crippen molar-refractivity contribution in [3.8, 4) is 0 Å². The molecule has 0 atom stereocenters. The first kappa shape index (κ1) is 15.8. The quantitative estimate of drug-likeness (QED) is 0.543. The molecule has 0 spiro atoms. The third-order valence-corrected chi connectivity index (χ3v) is 4.69. The third-order valence-electron chi connectivity index (χ3n) is 2.52. The van der Waals surface area contributed by atoms with Crippen LogP contribution in [0.3, 0.4) is 0 Å². The molecule has 0 unspecified atom stereocenters. The van der Waals surface area contributed by atoms with Crippen LogP contribution in [0.4, 0.5) is 0 Å². The normalized spacial score (nSPS) is 11.6. The first-order chi connectivity index (χ1) is 7.78. The highest BCUT2D eigenvalue weighted by molar-refractivity contribution is 6.39. The van der Waals surface area contributed by atoms with Gasteiger partial charge in [-0.15, -0.1) is 0 Å². The van der Waals surface area contributed by atoms with E-state index < -0.39 is 0 Å². The van der Waals surface area contributed by atoms with Crippen molar-refractivity contribution in [2.24, 2.45) is 0 Å². The van der Waals surface area contributed by atoms with E-state index in [1.54, 1.807) is 0 Å². The lowest BCUT2D eigenvalue weighted by atomic mass is 10.3. The zero-order chi connectivity index (χ0) is 12.2. The molecule has 0 aliphatic carbocycles. The highest BCUT2D eigenvalue weighted by Crippen LogP contribution is 1.98. The molecule has 16 heavy (non-hydrogen) atoms. The highest BCUT2D eigenvalue weighted by Gasteiger charge is 2.01. The second kappa shape index (κ2) is 11.3. The summed E-state index contributed by atoms with van der Waals surface area (Å²) in [4.78, 5) is 0. The molecule has 4 heteroatoms. The Hall–Kier alpha value is -0.163. The number of hydrogen-bond acceptors (Lipinski definition) is 3. The van der Waals surface area contributed by atoms with E-state index in [0.717, 1.165) is 39.5 Å². The third kappa shape index (κ3) is 8.04. The average Bonchev–Trinajstić information content (AvgIpc) is 2.32. The molecule has 0 aromatic rings. The van der Waals surface area contributed by atoms with Gasteiger partial charge < -0.3 is 14.0 Å². The molecule has 0 bridgehead atoms. The van der Waals surface area contributed by atoms with Crippen LogP contribution in [0, 0.1) is 0 Å². The van der Waals surface area contributed by atoms with Crippen LogP contribution in [-0.4, -0.2) is 53.8 Å². The van der Waals surface area contributed by atoms with Gasteiger partial charge >= 0.3 is 0 Å². The average molecular weight is 245 g/mol. The second-order valence-corrected chi connectivity index (χ2v) is 5.29. The Kier molecular flexibility index (Phi) is 11.2. The van der Waals surface area contributed by atoms with Gasteiger partial charge in [0.1, 0.15) is 9.68 Å². The van der Waals surface area contributed by atoms with Gasteiger partial charge in [0.05, 0.1) is 13.2 Å². The maximum absolute atomic E-state index is 5.45. The van der Waals surface area contributed by atoms with Gasteiger partial charge in [0.25, 0.3) is 0 Å². The summed E-state index contributed by atoms with van der Waals surface area (Å²) in [5.41, 5.74) is 3.68. The zero-order valence-corrected chi connectivity index (χ0v) is 12.7. The summed E-state index contributed by atoms with van der Waals surface area (Å²) in [6.07, 6.45) is 0. The Labute approximate surface area is 103 Å². The topological polar surface area (TPSA) is 21.7 Å². The van der Waals surface area contributed by atoms with E-state index in [9.17, 15) is 0 Å². The molecule has 0 radical (unpaired) electrons. The fraction of sp³-hybridized carbons (Fsp3) is 0.833. The Morgan fingerprint density at radius 2 is 1.50 bits per heavy atom. The zero-order valence-electron chi connectivity index (χ0n) is 11.3. The van der Waals surface area contributed by atoms with Crippen molar-refractivity contribution in [1.29, 1.82) is 0 Å². The fourth-order valence-corrected chi connectivity index (χ4v) is 2.63. The van der Waals surface area contributed by atoms with Crippen LogP contribution in [0.1, 0.15) is 27.7 Å². The van der Waals surface area contributed by atoms with Crippen LogP contribution in [0.25, 0.3) is 0 Å². The molecule has 0 saturated carbocycles. The van der Waals surface area contributed by atoms with E-state index in [4.69, 9.17) is 9.47 Å². The maximum atomic E-state index is 5.45. The lowest BCUT2D eigenvalue weighted by molar-refractivity contribution is 0.132. The van der Waals surface area contributed by atoms with Crippen LogP contribution in [0.15, 0.2) is 11.3 Å². The van der Waals surface area contributed by atoms with Crippen molar-refractivity contribution in [1.82, 2.24) is 4.57 Å². The molecule has 0 amide bonds. The van der Waals surface area contributed by atoms with E-state index in [2.05, 4.69) is 24.1 Å². The standard InChI is InChI=1S/C12H27NO2Si/c1-5-13(6-2)16-11-12(9-14-7-3)10-15-8-4/h11H,5-10,16H2,1-4H3. The van der Waals surface area contributed by atoms with Gasteiger partial charge in [-0.1, -0.05) is 19.5 Å². The summed E-state index contributed by atoms with van der Waals surface area (Å²) in [7, 11) is -0.267. The molecule has 0 aromatic heterocycles. The Bertz CT molecular complexity index is 172. The van der Waals surface area contributed by atoms with Gasteiger partial charge in [0, 0.05) is 13.2 Å². The van der Waals surface area contributed by atoms with E-state index in [-0.39, 0.29) is 9.68 Å². The van der Waals surface area contributed by atoms with Crippen molar-refractivity contribution in [3.63, 3.8) is 0 Å². The number of rotatable bonds is 10. The minimum atomic E-state index is -0.267. The Morgan fingerprint density at radius 1 is 1.00 bits per heavy atom. The van der Waals surface area contributed by atoms with Crippen LogP contribution in [0.2, 0.25) is 0 Å². The summed E-state index contributed by atoms with van der Waals surface area (Å²) in [6.45, 7) is 13.8. The molecular formula is C12H27NO2Si. The molecule has 3 nitrogen and oxygen atoms in total. The lowest BCUT2D eigenvalue weighted by Gasteiger charge is -2.16. The number of nitrogens with zero attached hydrogens (tertiary/aromatic N) is 1. The van der Waals surface area contributed by atoms with Crippen LogP contribution in [0.5, 0.6) is 0 Å². The minimum absolute atomic E-state index is 0.267. The van der Waals surface area contributed by atoms with Gasteiger partial charge in [-0.2, -0.15) is 0 Å². The van der Waals surface area contributed by atoms with Crippen LogP contribution >= 0.6 is 0 Å². The maximum Gasteiger partial charge on any atom is 0.119 e. The van der Waals surface area contributed by atoms with Gasteiger partial charge in [0.2, 0.25) is 0 Å². The van der Waals surface area contributed by atoms with Crippen molar-refractivity contribution in [2.45, 2.75) is 27.7 Å². The summed E-state index contributed by atoms with van der Waals surface area (Å²) >= 11 is 0. The molecule has 0 N–H and O–H groups in total. The molecule has 0 fully saturated rings. The smallest absolute Gasteiger partial charge is 0.119 e. The monoisotopic (exact) mass is 245 g/mol. The highest BCUT2D eigenvalue weighted by atomic mass is 28.2. The molecule has 96 valence electrons. The number of hydrogen-bond donors (Lipinski definition) is 0. The molecular weight excluding hydrogens is 218 g/mol. The van der Waals surface area contributed by atoms with Crippen LogP contribution < -0.4 is 0 Å². The molecule has 0 aromatic carbocycles. The minimum Gasteiger partial charge on any atom is -0.377 e. The number of ether oxygens (including phenoxy) is 2. The molecule has 0 aliphatic heterocycles. The summed E-state index contributed by atoms with van der Waals surface area (Å²) in [5.74, 6) is 0. The largest absolute Gasteiger partial charge is 0.377 e. The molecule has 0 saturated heterocycles. The first-order valence-electron chi connectivity index (χ1n) is 6.34. The van der Waals surface area contributed by atoms with E-state index >= 15 is 0 Å². The van der Waals surface area contributed by atoms with Gasteiger partial charge in [-0.05, 0) is 32.5 Å². The van der Waals surface area contributed by atoms with Crippen molar-refractivity contribution >= 4 is 9.68 Å². The van der Waals surface area contributed by atoms with Gasteiger partial charge in [-0.3, -0.25) is 0 Å². The predicted molar refractivity (Wildman–Crippen MR) is 72.5 cm³/mol. The predicted octanol–water partition coefficient (Wildman–Crippen LogP) is 1.37. The second-order valence-electron chi connectivity index (χ2n) is 3.62. The molecule has 0 heterocycles. The van der Waals surface area contributed by atoms with E-state index in [1.165, 1.54) is 5.57 Å². The van der Waals surface area contributed by atoms with Crippen molar-refractivity contribution in [2.75, 3.05) is 39.5 Å². The molecule has 0 aliphatic rings. The van der Waals surface area contributed by atoms with Crippen LogP contribution in [-0.2, 0) is 9.47 Å². The lowest BCUT2D eigenvalue weighted by Crippen LogP contribution is -2.26. The van der Waals surface area contributed by atoms with E-state index in [1.807, 2.05) is 13.8 Å². The summed E-state index contributed by atoms with van der Waals surface area (Å²) < 4.78 is 13.4. The van der Waals surface area contributed by atoms with E-state index in [0.29, 0.717) is 0 Å². The first-order valence-corrected chi connectivity index (χ1v) is 7.78. The van der Waals surface area contributed by atoms with Crippen molar-refractivity contribution in [3.05, 3.63) is 11.3 Å². The summed E-state index contributed by atoms with van der Waals surface area (Å²) in [5, 5.41) is 0. The Balaban J connectivity index is 4.07. The Morgan fingerprint density at radius 3 is 1.88 bits per heavy atom. The van der Waals surface area contributed by atoms with Gasteiger partial charge in [0.15, 0.2) is 0 Å². The molecule has 0 rings (SSSR count). The van der Waals surface area contributed by atoms with Crippen molar-refractivity contribution < 1.29 is 9.47 Å². The van der Waals surface area contributed by atoms with Gasteiger partial charge in [-0.25, -0.2) is 0 Å². The SMILES string of the molecule is CCOCC(=C[SiH2]N(CC)CC)COCC. The fourth-order valence-electron chi connectivity index (χ4n) is 1.37. The summed E-state index contributed by atoms with van der Waals surface area (Å²) in [6, 6.07) is 0.